The van der Waals surface area contributed by atoms with Gasteiger partial charge in [0.15, 0.2) is 0 Å². The van der Waals surface area contributed by atoms with Gasteiger partial charge in [-0.15, -0.1) is 0 Å². The molecule has 0 saturated carbocycles. The minimum Gasteiger partial charge on any atom is -0.310 e. The molecule has 0 amide bonds. The normalized spacial score (nSPS) is 11.3. The van der Waals surface area contributed by atoms with E-state index >= 15 is 0 Å². The van der Waals surface area contributed by atoms with Crippen LogP contribution in [0.1, 0.15) is 0 Å². The fourth-order valence-electron chi connectivity index (χ4n) is 9.75. The third-order valence-electron chi connectivity index (χ3n) is 12.9. The predicted octanol–water partition coefficient (Wildman–Crippen LogP) is 17.7. The molecule has 12 rings (SSSR count). The van der Waals surface area contributed by atoms with Crippen molar-refractivity contribution in [3.8, 4) is 61.3 Å². The molecule has 0 N–H and O–H groups in total. The molecule has 0 aliphatic heterocycles. The zero-order valence-corrected chi connectivity index (χ0v) is 36.3. The van der Waals surface area contributed by atoms with E-state index in [0.29, 0.717) is 0 Å². The third kappa shape index (κ3) is 7.21. The number of anilines is 3. The topological polar surface area (TPSA) is 8.17 Å². The van der Waals surface area contributed by atoms with Gasteiger partial charge in [0, 0.05) is 33.5 Å². The molecule has 0 fully saturated rings. The van der Waals surface area contributed by atoms with Gasteiger partial charge in [-0.1, -0.05) is 188 Å². The fourth-order valence-corrected chi connectivity index (χ4v) is 9.75. The Morgan fingerprint density at radius 2 is 0.758 bits per heavy atom. The maximum Gasteiger partial charge on any atom is 0.0541 e. The minimum absolute atomic E-state index is 1.10. The first-order chi connectivity index (χ1) is 32.7. The number of fused-ring (bicyclic) bond motifs is 4. The summed E-state index contributed by atoms with van der Waals surface area (Å²) in [5, 5.41) is 4.93. The SMILES string of the molecule is c1ccc(-c2cccc(N(c3ccccc3)c3ccc(-c4ccccc4-c4ccc5c(c4)c4ccccc4n5-c4cc(-c5ccccc5)cc(-c5ccc6ccccc6c5)c4)cc3)c2)cc1. The number of rotatable bonds is 9. The van der Waals surface area contributed by atoms with Gasteiger partial charge >= 0.3 is 0 Å². The maximum atomic E-state index is 2.45. The van der Waals surface area contributed by atoms with Crippen molar-refractivity contribution >= 4 is 49.6 Å². The van der Waals surface area contributed by atoms with Crippen LogP contribution in [0.2, 0.25) is 0 Å². The standard InChI is InChI=1S/C64H44N2/c1-4-17-45(18-5-1)50-23-16-26-57(41-50)65(55-24-8-3-9-25-55)56-36-33-48(34-37-56)59-27-12-13-28-60(59)52-35-38-64-62(44-52)61-29-14-15-30-63(61)66(64)58-42-53(46-19-6-2-7-20-46)40-54(43-58)51-32-31-47-21-10-11-22-49(47)39-51/h1-44H. The van der Waals surface area contributed by atoms with Crippen molar-refractivity contribution < 1.29 is 0 Å². The highest BCUT2D eigenvalue weighted by molar-refractivity contribution is 6.11. The summed E-state index contributed by atoms with van der Waals surface area (Å²) in [6.45, 7) is 0. The summed E-state index contributed by atoms with van der Waals surface area (Å²) in [5.41, 5.74) is 18.7. The van der Waals surface area contributed by atoms with Crippen LogP contribution in [0.25, 0.3) is 93.9 Å². The summed E-state index contributed by atoms with van der Waals surface area (Å²) in [7, 11) is 0. The van der Waals surface area contributed by atoms with Gasteiger partial charge in [-0.25, -0.2) is 0 Å². The van der Waals surface area contributed by atoms with Gasteiger partial charge in [0.1, 0.15) is 0 Å². The molecule has 66 heavy (non-hydrogen) atoms. The zero-order valence-electron chi connectivity index (χ0n) is 36.3. The van der Waals surface area contributed by atoms with Gasteiger partial charge in [0.05, 0.1) is 11.0 Å². The smallest absolute Gasteiger partial charge is 0.0541 e. The van der Waals surface area contributed by atoms with E-state index in [0.717, 1.165) is 22.7 Å². The summed E-state index contributed by atoms with van der Waals surface area (Å²) >= 11 is 0. The summed E-state index contributed by atoms with van der Waals surface area (Å²) in [6.07, 6.45) is 0. The molecule has 12 aromatic rings. The Morgan fingerprint density at radius 1 is 0.242 bits per heavy atom. The number of para-hydroxylation sites is 2. The van der Waals surface area contributed by atoms with Crippen LogP contribution in [0, 0.1) is 0 Å². The highest BCUT2D eigenvalue weighted by atomic mass is 15.1. The van der Waals surface area contributed by atoms with Gasteiger partial charge < -0.3 is 9.47 Å². The molecule has 2 heteroatoms. The van der Waals surface area contributed by atoms with Crippen LogP contribution in [-0.4, -0.2) is 4.57 Å². The monoisotopic (exact) mass is 840 g/mol. The lowest BCUT2D eigenvalue weighted by molar-refractivity contribution is 1.18. The highest BCUT2D eigenvalue weighted by Crippen LogP contribution is 2.42. The highest BCUT2D eigenvalue weighted by Gasteiger charge is 2.18. The molecule has 1 heterocycles. The minimum atomic E-state index is 1.10. The first kappa shape index (κ1) is 38.9. The predicted molar refractivity (Wildman–Crippen MR) is 280 cm³/mol. The van der Waals surface area contributed by atoms with Crippen molar-refractivity contribution in [1.29, 1.82) is 0 Å². The Kier molecular flexibility index (Phi) is 9.89. The van der Waals surface area contributed by atoms with Crippen LogP contribution < -0.4 is 4.90 Å². The number of nitrogens with zero attached hydrogens (tertiary/aromatic N) is 2. The molecule has 2 nitrogen and oxygen atoms in total. The molecule has 0 bridgehead atoms. The molecule has 0 radical (unpaired) electrons. The van der Waals surface area contributed by atoms with Crippen LogP contribution in [-0.2, 0) is 0 Å². The summed E-state index contributed by atoms with van der Waals surface area (Å²) < 4.78 is 2.45. The molecule has 11 aromatic carbocycles. The second-order valence-electron chi connectivity index (χ2n) is 17.0. The van der Waals surface area contributed by atoms with Crippen LogP contribution in [0.5, 0.6) is 0 Å². The van der Waals surface area contributed by atoms with E-state index in [4.69, 9.17) is 0 Å². The number of benzene rings is 11. The second-order valence-corrected chi connectivity index (χ2v) is 17.0. The van der Waals surface area contributed by atoms with Gasteiger partial charge in [0.2, 0.25) is 0 Å². The zero-order chi connectivity index (χ0) is 43.8. The van der Waals surface area contributed by atoms with E-state index in [2.05, 4.69) is 276 Å². The Hall–Kier alpha value is -8.72. The molecule has 0 spiro atoms. The average molecular weight is 841 g/mol. The Bertz CT molecular complexity index is 3680. The van der Waals surface area contributed by atoms with Crippen molar-refractivity contribution in [1.82, 2.24) is 4.57 Å². The van der Waals surface area contributed by atoms with E-state index in [9.17, 15) is 0 Å². The first-order valence-corrected chi connectivity index (χ1v) is 22.7. The molecular formula is C64H44N2. The van der Waals surface area contributed by atoms with Gasteiger partial charge in [-0.3, -0.25) is 0 Å². The molecule has 0 aliphatic carbocycles. The molecule has 310 valence electrons. The van der Waals surface area contributed by atoms with Crippen molar-refractivity contribution in [3.05, 3.63) is 267 Å². The number of aromatic nitrogens is 1. The fraction of sp³-hybridized carbons (Fsp3) is 0. The Morgan fingerprint density at radius 3 is 1.52 bits per heavy atom. The first-order valence-electron chi connectivity index (χ1n) is 22.7. The molecule has 0 atom stereocenters. The lowest BCUT2D eigenvalue weighted by Crippen LogP contribution is -2.09. The lowest BCUT2D eigenvalue weighted by Gasteiger charge is -2.26. The van der Waals surface area contributed by atoms with Crippen molar-refractivity contribution in [2.24, 2.45) is 0 Å². The molecule has 0 aliphatic rings. The largest absolute Gasteiger partial charge is 0.310 e. The molecule has 0 saturated heterocycles. The maximum absolute atomic E-state index is 2.45. The Labute approximate surface area is 385 Å². The quantitative estimate of drug-likeness (QED) is 0.141. The van der Waals surface area contributed by atoms with Crippen molar-refractivity contribution in [3.63, 3.8) is 0 Å². The van der Waals surface area contributed by atoms with Gasteiger partial charge in [-0.2, -0.15) is 0 Å². The van der Waals surface area contributed by atoms with E-state index < -0.39 is 0 Å². The van der Waals surface area contributed by atoms with Crippen LogP contribution in [0.15, 0.2) is 267 Å². The van der Waals surface area contributed by atoms with E-state index in [1.165, 1.54) is 88.2 Å². The summed E-state index contributed by atoms with van der Waals surface area (Å²) in [4.78, 5) is 2.34. The van der Waals surface area contributed by atoms with Crippen LogP contribution >= 0.6 is 0 Å². The summed E-state index contributed by atoms with van der Waals surface area (Å²) in [5.74, 6) is 0. The Balaban J connectivity index is 0.950. The van der Waals surface area contributed by atoms with Gasteiger partial charge in [0.25, 0.3) is 0 Å². The van der Waals surface area contributed by atoms with Crippen LogP contribution in [0.3, 0.4) is 0 Å². The van der Waals surface area contributed by atoms with E-state index in [1.807, 2.05) is 0 Å². The summed E-state index contributed by atoms with van der Waals surface area (Å²) in [6, 6.07) is 96.9. The molecular weight excluding hydrogens is 797 g/mol. The second kappa shape index (κ2) is 16.8. The van der Waals surface area contributed by atoms with E-state index in [1.54, 1.807) is 0 Å². The third-order valence-corrected chi connectivity index (χ3v) is 12.9. The van der Waals surface area contributed by atoms with E-state index in [-0.39, 0.29) is 0 Å². The lowest BCUT2D eigenvalue weighted by atomic mass is 9.93. The average Bonchev–Trinajstić information content (AvgIpc) is 3.73. The van der Waals surface area contributed by atoms with Crippen molar-refractivity contribution in [2.75, 3.05) is 4.90 Å². The number of hydrogen-bond donors (Lipinski definition) is 0. The van der Waals surface area contributed by atoms with Gasteiger partial charge in [-0.05, 0) is 145 Å². The molecule has 1 aromatic heterocycles. The molecule has 0 unspecified atom stereocenters. The number of hydrogen-bond acceptors (Lipinski definition) is 1. The van der Waals surface area contributed by atoms with Crippen molar-refractivity contribution in [2.45, 2.75) is 0 Å². The van der Waals surface area contributed by atoms with Crippen LogP contribution in [0.4, 0.5) is 17.1 Å².